The molecule has 0 aromatic carbocycles. The molecule has 0 N–H and O–H groups in total. The Morgan fingerprint density at radius 3 is 1.58 bits per heavy atom. The maximum Gasteiger partial charge on any atom is 0.334 e. The van der Waals surface area contributed by atoms with Crippen LogP contribution < -0.4 is 0 Å². The largest absolute Gasteiger partial charge is 0.398 e. The Bertz CT molecular complexity index is 426. The van der Waals surface area contributed by atoms with Crippen LogP contribution in [0.4, 0.5) is 0 Å². The predicted molar refractivity (Wildman–Crippen MR) is 125 cm³/mol. The molecule has 2 heterocycles. The Morgan fingerprint density at radius 1 is 0.710 bits per heavy atom. The lowest BCUT2D eigenvalue weighted by Gasteiger charge is -2.25. The van der Waals surface area contributed by atoms with Gasteiger partial charge in [0.25, 0.3) is 0 Å². The Balaban J connectivity index is 0.000000311. The summed E-state index contributed by atoms with van der Waals surface area (Å²) in [6.07, 6.45) is 3.93. The highest BCUT2D eigenvalue weighted by molar-refractivity contribution is 6.66. The summed E-state index contributed by atoms with van der Waals surface area (Å²) in [5, 5.41) is 0. The van der Waals surface area contributed by atoms with Gasteiger partial charge in [-0.25, -0.2) is 0 Å². The highest BCUT2D eigenvalue weighted by atomic mass is 28.4. The molecule has 2 atom stereocenters. The third-order valence-electron chi connectivity index (χ3n) is 5.26. The van der Waals surface area contributed by atoms with Gasteiger partial charge in [-0.05, 0) is 58.3 Å². The van der Waals surface area contributed by atoms with Crippen LogP contribution in [0, 0.1) is 0 Å². The molecular formula is C21H46O8Si2. The second-order valence-corrected chi connectivity index (χ2v) is 15.1. The first kappa shape index (κ1) is 29.1. The summed E-state index contributed by atoms with van der Waals surface area (Å²) in [6, 6.07) is 2.03. The zero-order chi connectivity index (χ0) is 23.0. The molecule has 0 saturated carbocycles. The number of hydrogen-bond donors (Lipinski definition) is 0. The molecule has 2 saturated heterocycles. The van der Waals surface area contributed by atoms with E-state index in [1.165, 1.54) is 0 Å². The first-order chi connectivity index (χ1) is 14.9. The van der Waals surface area contributed by atoms with Gasteiger partial charge in [0.1, 0.15) is 12.2 Å². The van der Waals surface area contributed by atoms with Crippen molar-refractivity contribution in [2.45, 2.75) is 70.5 Å². The van der Waals surface area contributed by atoms with Crippen LogP contribution in [0.3, 0.4) is 0 Å². The lowest BCUT2D eigenvalue weighted by Crippen LogP contribution is -2.38. The lowest BCUT2D eigenvalue weighted by molar-refractivity contribution is 0.113. The minimum Gasteiger partial charge on any atom is -0.398 e. The summed E-state index contributed by atoms with van der Waals surface area (Å²) in [4.78, 5) is 0. The van der Waals surface area contributed by atoms with Crippen molar-refractivity contribution in [2.75, 3.05) is 67.1 Å². The van der Waals surface area contributed by atoms with Gasteiger partial charge in [-0.1, -0.05) is 0 Å². The number of epoxide rings is 2. The zero-order valence-corrected chi connectivity index (χ0v) is 22.6. The maximum atomic E-state index is 5.75. The van der Waals surface area contributed by atoms with Gasteiger partial charge in [0.15, 0.2) is 0 Å². The highest BCUT2D eigenvalue weighted by Crippen LogP contribution is 2.17. The van der Waals surface area contributed by atoms with E-state index in [4.69, 9.17) is 36.7 Å². The molecule has 0 aliphatic carbocycles. The number of hydrogen-bond acceptors (Lipinski definition) is 8. The van der Waals surface area contributed by atoms with Crippen molar-refractivity contribution in [1.29, 1.82) is 0 Å². The topological polar surface area (TPSA) is 80.4 Å². The van der Waals surface area contributed by atoms with Gasteiger partial charge < -0.3 is 36.7 Å². The van der Waals surface area contributed by atoms with Crippen LogP contribution in [0.1, 0.15) is 33.1 Å². The van der Waals surface area contributed by atoms with Crippen molar-refractivity contribution in [3.8, 4) is 0 Å². The monoisotopic (exact) mass is 482 g/mol. The smallest absolute Gasteiger partial charge is 0.334 e. The Morgan fingerprint density at radius 2 is 1.16 bits per heavy atom. The molecule has 2 aliphatic rings. The van der Waals surface area contributed by atoms with Gasteiger partial charge in [-0.3, -0.25) is 0 Å². The minimum absolute atomic E-state index is 0.363. The second-order valence-electron chi connectivity index (χ2n) is 8.16. The summed E-state index contributed by atoms with van der Waals surface area (Å²) in [5.41, 5.74) is 0. The van der Waals surface area contributed by atoms with E-state index >= 15 is 0 Å². The normalized spacial score (nSPS) is 20.3. The van der Waals surface area contributed by atoms with Gasteiger partial charge in [0.05, 0.1) is 26.4 Å². The maximum absolute atomic E-state index is 5.75. The summed E-state index contributed by atoms with van der Waals surface area (Å²) >= 11 is 0. The standard InChI is InChI=1S/C11H24O4Si.C10H22O4Si/c1-4-14-16(3,15-5-2)8-6-7-12-9-11-10-13-11;1-11-15(3,12-2)7-5-4-6-13-8-10-9-14-10/h11H,4-10H2,1-3H3;10H,4-9H2,1-3H3. The van der Waals surface area contributed by atoms with Crippen LogP contribution in [-0.2, 0) is 36.7 Å². The number of ether oxygens (including phenoxy) is 4. The highest BCUT2D eigenvalue weighted by Gasteiger charge is 2.30. The van der Waals surface area contributed by atoms with Gasteiger partial charge in [0.2, 0.25) is 0 Å². The van der Waals surface area contributed by atoms with Gasteiger partial charge >= 0.3 is 17.1 Å². The molecular weight excluding hydrogens is 436 g/mol. The molecule has 2 fully saturated rings. The first-order valence-corrected chi connectivity index (χ1v) is 16.7. The van der Waals surface area contributed by atoms with Crippen LogP contribution in [0.5, 0.6) is 0 Å². The fourth-order valence-corrected chi connectivity index (χ4v) is 6.83. The molecule has 10 heteroatoms. The third kappa shape index (κ3) is 15.6. The summed E-state index contributed by atoms with van der Waals surface area (Å²) in [5.74, 6) is 0. The van der Waals surface area contributed by atoms with Gasteiger partial charge in [0, 0.05) is 40.6 Å². The van der Waals surface area contributed by atoms with Gasteiger partial charge in [-0.15, -0.1) is 0 Å². The van der Waals surface area contributed by atoms with Crippen molar-refractivity contribution >= 4 is 17.1 Å². The van der Waals surface area contributed by atoms with E-state index in [0.717, 1.165) is 84.2 Å². The van der Waals surface area contributed by atoms with Crippen molar-refractivity contribution in [1.82, 2.24) is 0 Å². The molecule has 8 nitrogen and oxygen atoms in total. The molecule has 2 aliphatic heterocycles. The van der Waals surface area contributed by atoms with Crippen molar-refractivity contribution in [3.05, 3.63) is 0 Å². The van der Waals surface area contributed by atoms with E-state index in [-0.39, 0.29) is 0 Å². The fraction of sp³-hybridized carbons (Fsp3) is 1.00. The molecule has 0 aromatic heterocycles. The number of unbranched alkanes of at least 4 members (excludes halogenated alkanes) is 1. The van der Waals surface area contributed by atoms with E-state index in [1.807, 2.05) is 13.8 Å². The van der Waals surface area contributed by atoms with Crippen molar-refractivity contribution < 1.29 is 36.7 Å². The Hall–Kier alpha value is 0.114. The van der Waals surface area contributed by atoms with Crippen LogP contribution in [0.25, 0.3) is 0 Å². The molecule has 0 bridgehead atoms. The molecule has 0 spiro atoms. The van der Waals surface area contributed by atoms with E-state index in [1.54, 1.807) is 14.2 Å². The first-order valence-electron chi connectivity index (χ1n) is 11.7. The van der Waals surface area contributed by atoms with E-state index in [9.17, 15) is 0 Å². The van der Waals surface area contributed by atoms with Crippen molar-refractivity contribution in [2.24, 2.45) is 0 Å². The third-order valence-corrected chi connectivity index (χ3v) is 11.3. The Kier molecular flexibility index (Phi) is 15.7. The molecule has 0 aromatic rings. The lowest BCUT2D eigenvalue weighted by atomic mass is 10.3. The average Bonchev–Trinajstić information content (AvgIpc) is 3.66. The number of rotatable bonds is 19. The molecule has 2 unspecified atom stereocenters. The molecule has 2 rings (SSSR count). The van der Waals surface area contributed by atoms with Crippen LogP contribution in [0.15, 0.2) is 0 Å². The second kappa shape index (κ2) is 16.7. The SMILES string of the molecule is CCO[Si](C)(CCCOCC1CO1)OCC.CO[Si](C)(CCCCOCC1CO1)OC. The zero-order valence-electron chi connectivity index (χ0n) is 20.6. The molecule has 0 amide bonds. The Labute approximate surface area is 191 Å². The average molecular weight is 483 g/mol. The fourth-order valence-electron chi connectivity index (χ4n) is 2.99. The van der Waals surface area contributed by atoms with Crippen molar-refractivity contribution in [3.63, 3.8) is 0 Å². The van der Waals surface area contributed by atoms with Crippen LogP contribution >= 0.6 is 0 Å². The predicted octanol–water partition coefficient (Wildman–Crippen LogP) is 3.48. The molecule has 31 heavy (non-hydrogen) atoms. The van der Waals surface area contributed by atoms with Crippen LogP contribution in [-0.4, -0.2) is 96.4 Å². The van der Waals surface area contributed by atoms with E-state index < -0.39 is 17.1 Å². The van der Waals surface area contributed by atoms with Crippen LogP contribution in [0.2, 0.25) is 25.2 Å². The minimum atomic E-state index is -1.92. The van der Waals surface area contributed by atoms with Gasteiger partial charge in [-0.2, -0.15) is 0 Å². The van der Waals surface area contributed by atoms with E-state index in [2.05, 4.69) is 13.1 Å². The summed E-state index contributed by atoms with van der Waals surface area (Å²) in [7, 11) is -0.304. The summed E-state index contributed by atoms with van der Waals surface area (Å²) in [6.45, 7) is 14.6. The molecule has 186 valence electrons. The molecule has 0 radical (unpaired) electrons. The van der Waals surface area contributed by atoms with E-state index in [0.29, 0.717) is 12.2 Å². The summed E-state index contributed by atoms with van der Waals surface area (Å²) < 4.78 is 43.3. The quantitative estimate of drug-likeness (QED) is 0.157.